The third kappa shape index (κ3) is 12.0. The first kappa shape index (κ1) is 41.1. The van der Waals surface area contributed by atoms with Gasteiger partial charge in [0.2, 0.25) is 47.3 Å². The van der Waals surface area contributed by atoms with Crippen molar-refractivity contribution in [2.45, 2.75) is 25.7 Å². The molecular weight excluding hydrogens is 717 g/mol. The molecule has 0 aliphatic carbocycles. The molecular formula is C32H52N10O8S2. The number of carbonyl (C=O) groups excluding carboxylic acids is 8. The molecule has 4 saturated heterocycles. The maximum absolute atomic E-state index is 12.7. The van der Waals surface area contributed by atoms with E-state index in [1.807, 2.05) is 0 Å². The number of hydrogen-bond acceptors (Lipinski definition) is 12. The highest BCUT2D eigenvalue weighted by atomic mass is 33.1. The van der Waals surface area contributed by atoms with Gasteiger partial charge in [-0.05, 0) is 0 Å². The summed E-state index contributed by atoms with van der Waals surface area (Å²) < 4.78 is 0. The summed E-state index contributed by atoms with van der Waals surface area (Å²) in [7, 11) is 3.15. The van der Waals surface area contributed by atoms with Gasteiger partial charge in [-0.3, -0.25) is 38.4 Å². The number of nitrogens with zero attached hydrogens (tertiary/aromatic N) is 4. The second-order valence-electron chi connectivity index (χ2n) is 13.3. The van der Waals surface area contributed by atoms with Crippen LogP contribution in [0.2, 0.25) is 0 Å². The Balaban J connectivity index is 1.03. The summed E-state index contributed by atoms with van der Waals surface area (Å²) in [5.74, 6) is -1.76. The molecule has 0 saturated carbocycles. The number of likely N-dealkylation sites (tertiary alicyclic amines) is 4. The van der Waals surface area contributed by atoms with Crippen molar-refractivity contribution in [3.63, 3.8) is 0 Å². The molecule has 18 nitrogen and oxygen atoms in total. The highest BCUT2D eigenvalue weighted by Crippen LogP contribution is 2.26. The molecule has 0 aromatic rings. The van der Waals surface area contributed by atoms with Gasteiger partial charge in [-0.15, -0.1) is 0 Å². The fourth-order valence-electron chi connectivity index (χ4n) is 6.66. The molecule has 4 rings (SSSR count). The largest absolute Gasteiger partial charge is 0.355 e. The fraction of sp³-hybridized carbons (Fsp3) is 0.750. The fourth-order valence-corrected chi connectivity index (χ4v) is 8.64. The van der Waals surface area contributed by atoms with Gasteiger partial charge in [-0.1, -0.05) is 21.6 Å². The van der Waals surface area contributed by atoms with Crippen molar-refractivity contribution in [3.8, 4) is 0 Å². The maximum atomic E-state index is 12.7. The number of nitrogens with one attached hydrogen (secondary N) is 4. The van der Waals surface area contributed by atoms with Crippen LogP contribution in [-0.4, -0.2) is 170 Å². The summed E-state index contributed by atoms with van der Waals surface area (Å²) in [5.41, 5.74) is 10.8. The van der Waals surface area contributed by atoms with E-state index in [9.17, 15) is 38.4 Å². The molecule has 0 spiro atoms. The van der Waals surface area contributed by atoms with Crippen LogP contribution in [0.3, 0.4) is 0 Å². The van der Waals surface area contributed by atoms with E-state index in [1.54, 1.807) is 41.2 Å². The molecule has 4 aliphatic heterocycles. The van der Waals surface area contributed by atoms with Crippen LogP contribution in [0.15, 0.2) is 0 Å². The van der Waals surface area contributed by atoms with Crippen LogP contribution in [-0.2, 0) is 38.4 Å². The van der Waals surface area contributed by atoms with Crippen LogP contribution in [0.4, 0.5) is 0 Å². The third-order valence-electron chi connectivity index (χ3n) is 9.56. The predicted octanol–water partition coefficient (Wildman–Crippen LogP) is -3.86. The molecule has 0 radical (unpaired) electrons. The van der Waals surface area contributed by atoms with Gasteiger partial charge < -0.3 is 52.3 Å². The van der Waals surface area contributed by atoms with Gasteiger partial charge >= 0.3 is 0 Å². The van der Waals surface area contributed by atoms with Gasteiger partial charge in [0.1, 0.15) is 0 Å². The Kier molecular flexibility index (Phi) is 16.3. The van der Waals surface area contributed by atoms with Crippen molar-refractivity contribution in [2.24, 2.45) is 35.1 Å². The standard InChI is InChI=1S/C32H52N10O8S2/c33-1-3-35-29(47)21-13-25(43)39(17-21)7-5-37-31(49)23-15-27(45)41(19-23)9-11-51-52-12-10-42-20-24(16-28(42)46)32(50)38-6-8-40-18-22(14-26(40)44)30(48)36-4-2-34/h21-24H,1-20,33-34H2,(H,35,47)(H,36,48)(H,37,49)(H,38,50). The van der Waals surface area contributed by atoms with Crippen molar-refractivity contribution < 1.29 is 38.4 Å². The average Bonchev–Trinajstić information content (AvgIpc) is 3.89. The SMILES string of the molecule is NCCNC(=O)C1CC(=O)N(CCNC(=O)C2CC(=O)N(CCSSCCN3CC(C(=O)NCCN4CC(C(=O)NCCN)CC4=O)CC3=O)C2)C1. The molecule has 0 bridgehead atoms. The molecule has 20 heteroatoms. The van der Waals surface area contributed by atoms with Crippen molar-refractivity contribution >= 4 is 68.8 Å². The van der Waals surface area contributed by atoms with Gasteiger partial charge in [0, 0.05) is 129 Å². The molecule has 0 aromatic heterocycles. The maximum Gasteiger partial charge on any atom is 0.225 e. The summed E-state index contributed by atoms with van der Waals surface area (Å²) in [5, 5.41) is 11.0. The van der Waals surface area contributed by atoms with Crippen LogP contribution in [0, 0.1) is 23.7 Å². The Morgan fingerprint density at radius 2 is 0.750 bits per heavy atom. The molecule has 8 N–H and O–H groups in total. The van der Waals surface area contributed by atoms with E-state index in [2.05, 4.69) is 21.3 Å². The Morgan fingerprint density at radius 3 is 1.04 bits per heavy atom. The minimum atomic E-state index is -0.463. The number of amides is 8. The zero-order valence-electron chi connectivity index (χ0n) is 29.5. The minimum Gasteiger partial charge on any atom is -0.355 e. The molecule has 4 fully saturated rings. The van der Waals surface area contributed by atoms with Crippen molar-refractivity contribution in [1.82, 2.24) is 40.9 Å². The highest BCUT2D eigenvalue weighted by molar-refractivity contribution is 8.76. The smallest absolute Gasteiger partial charge is 0.225 e. The van der Waals surface area contributed by atoms with E-state index < -0.39 is 23.7 Å². The number of carbonyl (C=O) groups is 8. The van der Waals surface area contributed by atoms with E-state index in [4.69, 9.17) is 11.5 Å². The normalized spacial score (nSPS) is 23.2. The highest BCUT2D eigenvalue weighted by Gasteiger charge is 2.37. The Bertz CT molecular complexity index is 1240. The Morgan fingerprint density at radius 1 is 0.481 bits per heavy atom. The van der Waals surface area contributed by atoms with Crippen LogP contribution in [0.5, 0.6) is 0 Å². The Hall–Kier alpha value is -3.62. The van der Waals surface area contributed by atoms with Crippen LogP contribution >= 0.6 is 21.6 Å². The van der Waals surface area contributed by atoms with Crippen molar-refractivity contribution in [3.05, 3.63) is 0 Å². The van der Waals surface area contributed by atoms with Gasteiger partial charge in [0.25, 0.3) is 0 Å². The van der Waals surface area contributed by atoms with E-state index in [1.165, 1.54) is 0 Å². The van der Waals surface area contributed by atoms with E-state index in [0.29, 0.717) is 90.0 Å². The second-order valence-corrected chi connectivity index (χ2v) is 16.1. The molecule has 4 aliphatic rings. The topological polar surface area (TPSA) is 250 Å². The van der Waals surface area contributed by atoms with Gasteiger partial charge in [-0.25, -0.2) is 0 Å². The molecule has 290 valence electrons. The van der Waals surface area contributed by atoms with E-state index in [0.717, 1.165) is 0 Å². The Labute approximate surface area is 311 Å². The lowest BCUT2D eigenvalue weighted by atomic mass is 10.1. The van der Waals surface area contributed by atoms with E-state index in [-0.39, 0.29) is 86.0 Å². The molecule has 0 aromatic carbocycles. The molecule has 4 atom stereocenters. The summed E-state index contributed by atoms with van der Waals surface area (Å²) >= 11 is 0. The first-order valence-corrected chi connectivity index (χ1v) is 20.4. The first-order valence-electron chi connectivity index (χ1n) is 17.9. The zero-order valence-corrected chi connectivity index (χ0v) is 31.1. The summed E-state index contributed by atoms with van der Waals surface area (Å²) in [4.78, 5) is 106. The van der Waals surface area contributed by atoms with Crippen LogP contribution in [0.1, 0.15) is 25.7 Å². The number of hydrogen-bond donors (Lipinski definition) is 6. The lowest BCUT2D eigenvalue weighted by Crippen LogP contribution is -2.40. The molecule has 8 amide bonds. The molecule has 52 heavy (non-hydrogen) atoms. The van der Waals surface area contributed by atoms with Gasteiger partial charge in [-0.2, -0.15) is 0 Å². The van der Waals surface area contributed by atoms with Crippen LogP contribution < -0.4 is 32.7 Å². The van der Waals surface area contributed by atoms with Crippen LogP contribution in [0.25, 0.3) is 0 Å². The third-order valence-corrected chi connectivity index (χ3v) is 11.9. The summed E-state index contributed by atoms with van der Waals surface area (Å²) in [6.07, 6.45) is 0.533. The van der Waals surface area contributed by atoms with Gasteiger partial charge in [0.05, 0.1) is 23.7 Å². The van der Waals surface area contributed by atoms with E-state index >= 15 is 0 Å². The summed E-state index contributed by atoms with van der Waals surface area (Å²) in [6.45, 7) is 4.67. The minimum absolute atomic E-state index is 0.0827. The second kappa shape index (κ2) is 20.6. The monoisotopic (exact) mass is 768 g/mol. The zero-order chi connectivity index (χ0) is 37.6. The lowest BCUT2D eigenvalue weighted by Gasteiger charge is -2.19. The number of nitrogens with two attached hydrogens (primary N) is 2. The lowest BCUT2D eigenvalue weighted by molar-refractivity contribution is -0.129. The van der Waals surface area contributed by atoms with Crippen molar-refractivity contribution in [2.75, 3.05) is 103 Å². The number of rotatable bonds is 21. The molecule has 4 unspecified atom stereocenters. The predicted molar refractivity (Wildman–Crippen MR) is 194 cm³/mol. The molecule has 4 heterocycles. The van der Waals surface area contributed by atoms with Gasteiger partial charge in [0.15, 0.2) is 0 Å². The van der Waals surface area contributed by atoms with Crippen molar-refractivity contribution in [1.29, 1.82) is 0 Å². The quantitative estimate of drug-likeness (QED) is 0.0485. The summed E-state index contributed by atoms with van der Waals surface area (Å²) in [6, 6.07) is 0. The first-order chi connectivity index (χ1) is 25.0. The average molecular weight is 769 g/mol.